The molecule has 5 heteroatoms. The summed E-state index contributed by atoms with van der Waals surface area (Å²) < 4.78 is 11.4. The first-order valence-electron chi connectivity index (χ1n) is 8.81. The maximum Gasteiger partial charge on any atom is 0.316 e. The van der Waals surface area contributed by atoms with Crippen LogP contribution in [0.4, 0.5) is 0 Å². The molecule has 2 aliphatic heterocycles. The molecular formula is C20H23N3O2. The number of aromatic nitrogens is 2. The van der Waals surface area contributed by atoms with E-state index in [4.69, 9.17) is 9.47 Å². The molecule has 0 bridgehead atoms. The quantitative estimate of drug-likeness (QED) is 0.860. The van der Waals surface area contributed by atoms with Gasteiger partial charge in [-0.1, -0.05) is 24.3 Å². The van der Waals surface area contributed by atoms with E-state index in [1.54, 1.807) is 7.11 Å². The van der Waals surface area contributed by atoms with Crippen molar-refractivity contribution in [3.05, 3.63) is 53.9 Å². The maximum atomic E-state index is 6.41. The molecule has 0 amide bonds. The highest BCUT2D eigenvalue weighted by Gasteiger charge is 2.34. The van der Waals surface area contributed by atoms with Crippen LogP contribution in [0.2, 0.25) is 0 Å². The first-order chi connectivity index (χ1) is 12.3. The van der Waals surface area contributed by atoms with Gasteiger partial charge in [0.1, 0.15) is 11.4 Å². The van der Waals surface area contributed by atoms with E-state index >= 15 is 0 Å². The molecule has 1 aromatic carbocycles. The van der Waals surface area contributed by atoms with Gasteiger partial charge in [-0.3, -0.25) is 4.90 Å². The Bertz CT molecular complexity index is 760. The van der Waals surface area contributed by atoms with Gasteiger partial charge < -0.3 is 9.47 Å². The lowest BCUT2D eigenvalue weighted by molar-refractivity contribution is 0.0990. The van der Waals surface area contributed by atoms with E-state index in [9.17, 15) is 0 Å². The molecular weight excluding hydrogens is 314 g/mol. The second kappa shape index (κ2) is 6.84. The predicted octanol–water partition coefficient (Wildman–Crippen LogP) is 3.32. The van der Waals surface area contributed by atoms with E-state index in [1.807, 2.05) is 18.5 Å². The Morgan fingerprint density at radius 1 is 1.16 bits per heavy atom. The SMILES string of the molecule is COc1ncc(CN2CCCC3(C=Cc4ccccc4O3)CC2)cn1. The van der Waals surface area contributed by atoms with E-state index in [0.29, 0.717) is 6.01 Å². The van der Waals surface area contributed by atoms with Crippen LogP contribution in [0, 0.1) is 0 Å². The van der Waals surface area contributed by atoms with E-state index in [1.165, 1.54) is 5.56 Å². The standard InChI is InChI=1S/C20H23N3O2/c1-24-19-21-13-16(14-22-19)15-23-11-4-8-20(10-12-23)9-7-17-5-2-3-6-18(17)25-20/h2-3,5-7,9,13-14H,4,8,10-12,15H2,1H3. The first kappa shape index (κ1) is 16.1. The topological polar surface area (TPSA) is 47.5 Å². The van der Waals surface area contributed by atoms with Gasteiger partial charge in [-0.2, -0.15) is 0 Å². The summed E-state index contributed by atoms with van der Waals surface area (Å²) in [5, 5.41) is 0. The van der Waals surface area contributed by atoms with Gasteiger partial charge in [-0.15, -0.1) is 0 Å². The average Bonchev–Trinajstić information content (AvgIpc) is 2.85. The number of benzene rings is 1. The zero-order valence-electron chi connectivity index (χ0n) is 14.5. The van der Waals surface area contributed by atoms with Crippen LogP contribution in [-0.4, -0.2) is 40.7 Å². The molecule has 25 heavy (non-hydrogen) atoms. The number of hydrogen-bond donors (Lipinski definition) is 0. The van der Waals surface area contributed by atoms with Crippen LogP contribution in [0.5, 0.6) is 11.8 Å². The third-order valence-corrected chi connectivity index (χ3v) is 4.99. The van der Waals surface area contributed by atoms with Crippen molar-refractivity contribution in [3.63, 3.8) is 0 Å². The van der Waals surface area contributed by atoms with E-state index < -0.39 is 0 Å². The number of para-hydroxylation sites is 1. The molecule has 0 radical (unpaired) electrons. The molecule has 1 atom stereocenters. The minimum atomic E-state index is -0.167. The molecule has 2 aliphatic rings. The molecule has 1 fully saturated rings. The molecule has 0 N–H and O–H groups in total. The third-order valence-electron chi connectivity index (χ3n) is 4.99. The monoisotopic (exact) mass is 337 g/mol. The van der Waals surface area contributed by atoms with Gasteiger partial charge in [0.05, 0.1) is 7.11 Å². The van der Waals surface area contributed by atoms with Crippen molar-refractivity contribution in [2.75, 3.05) is 20.2 Å². The lowest BCUT2D eigenvalue weighted by Gasteiger charge is -2.34. The number of methoxy groups -OCH3 is 1. The van der Waals surface area contributed by atoms with Gasteiger partial charge in [0, 0.05) is 43.0 Å². The Balaban J connectivity index is 1.42. The van der Waals surface area contributed by atoms with Crippen molar-refractivity contribution in [2.45, 2.75) is 31.4 Å². The van der Waals surface area contributed by atoms with Crippen molar-refractivity contribution < 1.29 is 9.47 Å². The number of fused-ring (bicyclic) bond motifs is 1. The number of likely N-dealkylation sites (tertiary alicyclic amines) is 1. The lowest BCUT2D eigenvalue weighted by atomic mass is 9.91. The smallest absolute Gasteiger partial charge is 0.316 e. The largest absolute Gasteiger partial charge is 0.483 e. The van der Waals surface area contributed by atoms with Crippen molar-refractivity contribution in [2.24, 2.45) is 0 Å². The zero-order chi connectivity index (χ0) is 17.1. The van der Waals surface area contributed by atoms with Crippen LogP contribution in [0.3, 0.4) is 0 Å². The van der Waals surface area contributed by atoms with Crippen molar-refractivity contribution in [1.82, 2.24) is 14.9 Å². The zero-order valence-corrected chi connectivity index (χ0v) is 14.5. The lowest BCUT2D eigenvalue weighted by Crippen LogP contribution is -2.36. The highest BCUT2D eigenvalue weighted by atomic mass is 16.5. The first-order valence-corrected chi connectivity index (χ1v) is 8.81. The van der Waals surface area contributed by atoms with E-state index in [0.717, 1.165) is 50.2 Å². The minimum absolute atomic E-state index is 0.167. The number of hydrogen-bond acceptors (Lipinski definition) is 5. The predicted molar refractivity (Wildman–Crippen MR) is 96.5 cm³/mol. The number of ether oxygens (including phenoxy) is 2. The Morgan fingerprint density at radius 2 is 2.00 bits per heavy atom. The highest BCUT2D eigenvalue weighted by Crippen LogP contribution is 2.37. The summed E-state index contributed by atoms with van der Waals surface area (Å²) in [7, 11) is 1.58. The fourth-order valence-electron chi connectivity index (χ4n) is 3.61. The highest BCUT2D eigenvalue weighted by molar-refractivity contribution is 5.60. The van der Waals surface area contributed by atoms with Crippen LogP contribution in [0.25, 0.3) is 6.08 Å². The maximum absolute atomic E-state index is 6.41. The summed E-state index contributed by atoms with van der Waals surface area (Å²) in [4.78, 5) is 10.9. The summed E-state index contributed by atoms with van der Waals surface area (Å²) in [6.45, 7) is 2.92. The molecule has 1 saturated heterocycles. The molecule has 1 aromatic heterocycles. The number of rotatable bonds is 3. The Hall–Kier alpha value is -2.40. The fraction of sp³-hybridized carbons (Fsp3) is 0.400. The normalized spacial score (nSPS) is 22.9. The summed E-state index contributed by atoms with van der Waals surface area (Å²) >= 11 is 0. The van der Waals surface area contributed by atoms with Crippen LogP contribution in [0.1, 0.15) is 30.4 Å². The van der Waals surface area contributed by atoms with E-state index in [-0.39, 0.29) is 5.60 Å². The summed E-state index contributed by atoms with van der Waals surface area (Å²) in [5.74, 6) is 1.00. The van der Waals surface area contributed by atoms with Crippen LogP contribution in [-0.2, 0) is 6.54 Å². The fourth-order valence-corrected chi connectivity index (χ4v) is 3.61. The average molecular weight is 337 g/mol. The Morgan fingerprint density at radius 3 is 2.84 bits per heavy atom. The molecule has 0 saturated carbocycles. The summed E-state index contributed by atoms with van der Waals surface area (Å²) in [5.41, 5.74) is 2.12. The Kier molecular flexibility index (Phi) is 4.40. The second-order valence-electron chi connectivity index (χ2n) is 6.75. The summed E-state index contributed by atoms with van der Waals surface area (Å²) in [6, 6.07) is 8.68. The van der Waals surface area contributed by atoms with Crippen LogP contribution in [0.15, 0.2) is 42.7 Å². The van der Waals surface area contributed by atoms with E-state index in [2.05, 4.69) is 45.2 Å². The molecule has 1 spiro atoms. The molecule has 3 heterocycles. The minimum Gasteiger partial charge on any atom is -0.483 e. The van der Waals surface area contributed by atoms with Crippen molar-refractivity contribution in [1.29, 1.82) is 0 Å². The molecule has 5 nitrogen and oxygen atoms in total. The van der Waals surface area contributed by atoms with Gasteiger partial charge in [0.15, 0.2) is 0 Å². The molecule has 2 aromatic rings. The summed E-state index contributed by atoms with van der Waals surface area (Å²) in [6.07, 6.45) is 11.3. The van der Waals surface area contributed by atoms with Crippen LogP contribution >= 0.6 is 0 Å². The molecule has 130 valence electrons. The van der Waals surface area contributed by atoms with Gasteiger partial charge in [0.25, 0.3) is 0 Å². The number of nitrogens with zero attached hydrogens (tertiary/aromatic N) is 3. The molecule has 4 rings (SSSR count). The van der Waals surface area contributed by atoms with Gasteiger partial charge >= 0.3 is 6.01 Å². The third kappa shape index (κ3) is 3.51. The van der Waals surface area contributed by atoms with Crippen molar-refractivity contribution >= 4 is 6.08 Å². The van der Waals surface area contributed by atoms with Gasteiger partial charge in [0.2, 0.25) is 0 Å². The van der Waals surface area contributed by atoms with Crippen molar-refractivity contribution in [3.8, 4) is 11.8 Å². The molecule has 0 aliphatic carbocycles. The van der Waals surface area contributed by atoms with Gasteiger partial charge in [-0.25, -0.2) is 9.97 Å². The van der Waals surface area contributed by atoms with Gasteiger partial charge in [-0.05, 0) is 31.5 Å². The molecule has 1 unspecified atom stereocenters. The Labute approximate surface area is 148 Å². The van der Waals surface area contributed by atoms with Crippen LogP contribution < -0.4 is 9.47 Å². The second-order valence-corrected chi connectivity index (χ2v) is 6.75.